The highest BCUT2D eigenvalue weighted by Gasteiger charge is 2.47. The Balaban J connectivity index is 1.64. The minimum Gasteiger partial charge on any atom is -0.377 e. The Hall–Kier alpha value is -0.130. The van der Waals surface area contributed by atoms with E-state index in [0.29, 0.717) is 13.0 Å². The van der Waals surface area contributed by atoms with Gasteiger partial charge in [0.15, 0.2) is 0 Å². The van der Waals surface area contributed by atoms with E-state index in [1.165, 1.54) is 6.42 Å². The second-order valence-electron chi connectivity index (χ2n) is 5.49. The Kier molecular flexibility index (Phi) is 2.53. The fourth-order valence-corrected chi connectivity index (χ4v) is 5.07. The molecule has 0 bridgehead atoms. The van der Waals surface area contributed by atoms with E-state index in [0.717, 1.165) is 24.7 Å². The van der Waals surface area contributed by atoms with Crippen molar-refractivity contribution in [2.75, 3.05) is 6.61 Å². The van der Waals surface area contributed by atoms with Crippen LogP contribution in [-0.4, -0.2) is 32.4 Å². The van der Waals surface area contributed by atoms with Gasteiger partial charge in [0.2, 0.25) is 10.0 Å². The van der Waals surface area contributed by atoms with Gasteiger partial charge in [-0.2, -0.15) is 0 Å². The van der Waals surface area contributed by atoms with Gasteiger partial charge in [-0.3, -0.25) is 0 Å². The van der Waals surface area contributed by atoms with Gasteiger partial charge in [0.25, 0.3) is 0 Å². The van der Waals surface area contributed by atoms with Crippen molar-refractivity contribution < 1.29 is 13.2 Å². The van der Waals surface area contributed by atoms with E-state index in [-0.39, 0.29) is 17.4 Å². The summed E-state index contributed by atoms with van der Waals surface area (Å²) in [6.45, 7) is 2.42. The van der Waals surface area contributed by atoms with Crippen LogP contribution in [0.4, 0.5) is 0 Å². The first-order valence-electron chi connectivity index (χ1n) is 6.19. The molecule has 1 saturated heterocycles. The standard InChI is InChI=1S/C11H19NO3S/c1-7-11(2-3-15-7)16(13,14)12-10-5-8-4-9(8)6-10/h7-12H,2-6H2,1H3. The van der Waals surface area contributed by atoms with Crippen LogP contribution in [0.5, 0.6) is 0 Å². The quantitative estimate of drug-likeness (QED) is 0.803. The smallest absolute Gasteiger partial charge is 0.217 e. The maximum absolute atomic E-state index is 12.1. The first kappa shape index (κ1) is 11.0. The van der Waals surface area contributed by atoms with E-state index in [4.69, 9.17) is 4.74 Å². The van der Waals surface area contributed by atoms with Crippen LogP contribution in [0.1, 0.15) is 32.6 Å². The topological polar surface area (TPSA) is 55.4 Å². The van der Waals surface area contributed by atoms with E-state index in [1.54, 1.807) is 0 Å². The molecule has 0 radical (unpaired) electrons. The third-order valence-electron chi connectivity index (χ3n) is 4.28. The molecule has 4 nitrogen and oxygen atoms in total. The summed E-state index contributed by atoms with van der Waals surface area (Å²) in [6, 6.07) is 0.196. The predicted molar refractivity (Wildman–Crippen MR) is 60.5 cm³/mol. The number of hydrogen-bond donors (Lipinski definition) is 1. The molecular formula is C11H19NO3S. The highest BCUT2D eigenvalue weighted by molar-refractivity contribution is 7.90. The van der Waals surface area contributed by atoms with E-state index < -0.39 is 10.0 Å². The third-order valence-corrected chi connectivity index (χ3v) is 6.36. The van der Waals surface area contributed by atoms with Crippen LogP contribution < -0.4 is 4.72 Å². The zero-order chi connectivity index (χ0) is 11.3. The summed E-state index contributed by atoms with van der Waals surface area (Å²) in [5.41, 5.74) is 0. The van der Waals surface area contributed by atoms with Crippen molar-refractivity contribution in [1.29, 1.82) is 0 Å². The summed E-state index contributed by atoms with van der Waals surface area (Å²) in [5.74, 6) is 1.62. The molecule has 1 heterocycles. The second kappa shape index (κ2) is 3.68. The van der Waals surface area contributed by atoms with Gasteiger partial charge < -0.3 is 4.74 Å². The van der Waals surface area contributed by atoms with Crippen LogP contribution in [0.2, 0.25) is 0 Å². The van der Waals surface area contributed by atoms with Crippen LogP contribution in [0.25, 0.3) is 0 Å². The van der Waals surface area contributed by atoms with Crippen molar-refractivity contribution in [3.63, 3.8) is 0 Å². The van der Waals surface area contributed by atoms with Crippen LogP contribution in [0.15, 0.2) is 0 Å². The Morgan fingerprint density at radius 2 is 1.88 bits per heavy atom. The SMILES string of the molecule is CC1OCCC1S(=O)(=O)NC1CC2CC2C1. The van der Waals surface area contributed by atoms with Crippen LogP contribution in [0, 0.1) is 11.8 Å². The molecule has 0 amide bonds. The minimum atomic E-state index is -3.17. The highest BCUT2D eigenvalue weighted by atomic mass is 32.2. The second-order valence-corrected chi connectivity index (χ2v) is 7.42. The summed E-state index contributed by atoms with van der Waals surface area (Å²) in [6.07, 6.45) is 3.89. The molecule has 0 aromatic rings. The average Bonchev–Trinajstić information content (AvgIpc) is 2.61. The molecule has 1 aliphatic heterocycles. The monoisotopic (exact) mass is 245 g/mol. The Bertz CT molecular complexity index is 371. The first-order valence-corrected chi connectivity index (χ1v) is 7.73. The van der Waals surface area contributed by atoms with Crippen LogP contribution >= 0.6 is 0 Å². The number of ether oxygens (including phenoxy) is 1. The predicted octanol–water partition coefficient (Wildman–Crippen LogP) is 0.882. The summed E-state index contributed by atoms with van der Waals surface area (Å²) < 4.78 is 32.5. The molecule has 0 aromatic heterocycles. The summed E-state index contributed by atoms with van der Waals surface area (Å²) >= 11 is 0. The third kappa shape index (κ3) is 1.89. The minimum absolute atomic E-state index is 0.159. The van der Waals surface area contributed by atoms with Gasteiger partial charge in [0.1, 0.15) is 5.25 Å². The van der Waals surface area contributed by atoms with Crippen molar-refractivity contribution in [3.8, 4) is 0 Å². The van der Waals surface area contributed by atoms with Crippen molar-refractivity contribution in [3.05, 3.63) is 0 Å². The van der Waals surface area contributed by atoms with Gasteiger partial charge >= 0.3 is 0 Å². The number of hydrogen-bond acceptors (Lipinski definition) is 3. The van der Waals surface area contributed by atoms with Crippen molar-refractivity contribution in [2.45, 2.75) is 50.0 Å². The lowest BCUT2D eigenvalue weighted by Gasteiger charge is -2.20. The fraction of sp³-hybridized carbons (Fsp3) is 1.00. The van der Waals surface area contributed by atoms with E-state index in [1.807, 2.05) is 6.92 Å². The molecule has 0 spiro atoms. The van der Waals surface area contributed by atoms with Crippen molar-refractivity contribution in [2.24, 2.45) is 11.8 Å². The zero-order valence-electron chi connectivity index (χ0n) is 9.56. The molecule has 16 heavy (non-hydrogen) atoms. The molecule has 2 aliphatic carbocycles. The maximum atomic E-state index is 12.1. The van der Waals surface area contributed by atoms with Gasteiger partial charge in [0.05, 0.1) is 6.10 Å². The Morgan fingerprint density at radius 1 is 1.19 bits per heavy atom. The van der Waals surface area contributed by atoms with Crippen molar-refractivity contribution in [1.82, 2.24) is 4.72 Å². The maximum Gasteiger partial charge on any atom is 0.217 e. The average molecular weight is 245 g/mol. The van der Waals surface area contributed by atoms with Gasteiger partial charge in [-0.05, 0) is 44.4 Å². The number of fused-ring (bicyclic) bond motifs is 1. The van der Waals surface area contributed by atoms with E-state index >= 15 is 0 Å². The van der Waals surface area contributed by atoms with E-state index in [9.17, 15) is 8.42 Å². The lowest BCUT2D eigenvalue weighted by Crippen LogP contribution is -2.42. The number of nitrogens with one attached hydrogen (secondary N) is 1. The van der Waals surface area contributed by atoms with Crippen LogP contribution in [-0.2, 0) is 14.8 Å². The van der Waals surface area contributed by atoms with Gasteiger partial charge in [-0.25, -0.2) is 13.1 Å². The summed E-state index contributed by atoms with van der Waals surface area (Å²) in [7, 11) is -3.17. The summed E-state index contributed by atoms with van der Waals surface area (Å²) in [4.78, 5) is 0. The normalized spacial score (nSPS) is 46.9. The number of sulfonamides is 1. The lowest BCUT2D eigenvalue weighted by molar-refractivity contribution is 0.126. The molecule has 3 rings (SSSR count). The van der Waals surface area contributed by atoms with Crippen LogP contribution in [0.3, 0.4) is 0 Å². The molecule has 4 unspecified atom stereocenters. The number of rotatable bonds is 3. The van der Waals surface area contributed by atoms with Crippen molar-refractivity contribution >= 4 is 10.0 Å². The molecule has 2 saturated carbocycles. The summed E-state index contributed by atoms with van der Waals surface area (Å²) in [5, 5.41) is -0.343. The van der Waals surface area contributed by atoms with Gasteiger partial charge in [-0.1, -0.05) is 0 Å². The molecule has 1 N–H and O–H groups in total. The molecule has 4 atom stereocenters. The zero-order valence-corrected chi connectivity index (χ0v) is 10.4. The first-order chi connectivity index (χ1) is 7.56. The molecule has 92 valence electrons. The molecule has 5 heteroatoms. The molecule has 3 fully saturated rings. The molecule has 3 aliphatic rings. The van der Waals surface area contributed by atoms with Gasteiger partial charge in [0, 0.05) is 12.6 Å². The van der Waals surface area contributed by atoms with E-state index in [2.05, 4.69) is 4.72 Å². The highest BCUT2D eigenvalue weighted by Crippen LogP contribution is 2.51. The Labute approximate surface area is 96.8 Å². The fourth-order valence-electron chi connectivity index (χ4n) is 3.25. The molecule has 0 aromatic carbocycles. The van der Waals surface area contributed by atoms with Gasteiger partial charge in [-0.15, -0.1) is 0 Å². The largest absolute Gasteiger partial charge is 0.377 e. The lowest BCUT2D eigenvalue weighted by atomic mass is 10.2. The Morgan fingerprint density at radius 3 is 2.44 bits per heavy atom. The molecular weight excluding hydrogens is 226 g/mol.